The molecule has 0 unspecified atom stereocenters. The standard InChI is InChI=1S/C21H20N4O2/c26-21(17-5-4-10-22-15-17)25-13-8-16(9-14-25)19-20(24-12-11-23-19)27-18-6-2-1-3-7-18/h1-7,10-12,15-16H,8-9,13-14H2. The van der Waals surface area contributed by atoms with E-state index in [2.05, 4.69) is 15.0 Å². The zero-order valence-electron chi connectivity index (χ0n) is 14.9. The zero-order valence-corrected chi connectivity index (χ0v) is 14.9. The smallest absolute Gasteiger partial charge is 0.255 e. The van der Waals surface area contributed by atoms with Crippen molar-refractivity contribution in [1.82, 2.24) is 19.9 Å². The highest BCUT2D eigenvalue weighted by molar-refractivity contribution is 5.93. The van der Waals surface area contributed by atoms with Crippen LogP contribution in [-0.2, 0) is 0 Å². The predicted molar refractivity (Wildman–Crippen MR) is 101 cm³/mol. The fraction of sp³-hybridized carbons (Fsp3) is 0.238. The second-order valence-electron chi connectivity index (χ2n) is 6.47. The first-order valence-corrected chi connectivity index (χ1v) is 9.04. The summed E-state index contributed by atoms with van der Waals surface area (Å²) in [6.07, 6.45) is 8.28. The summed E-state index contributed by atoms with van der Waals surface area (Å²) in [7, 11) is 0. The molecule has 1 aromatic carbocycles. The molecule has 0 atom stereocenters. The van der Waals surface area contributed by atoms with Crippen LogP contribution < -0.4 is 4.74 Å². The van der Waals surface area contributed by atoms with Crippen molar-refractivity contribution < 1.29 is 9.53 Å². The Bertz CT molecular complexity index is 894. The Balaban J connectivity index is 1.45. The molecule has 27 heavy (non-hydrogen) atoms. The molecule has 0 N–H and O–H groups in total. The SMILES string of the molecule is O=C(c1cccnc1)N1CCC(c2nccnc2Oc2ccccc2)CC1. The van der Waals surface area contributed by atoms with Crippen LogP contribution in [0, 0.1) is 0 Å². The monoisotopic (exact) mass is 360 g/mol. The van der Waals surface area contributed by atoms with Gasteiger partial charge in [-0.15, -0.1) is 0 Å². The number of aromatic nitrogens is 3. The Labute approximate surface area is 157 Å². The van der Waals surface area contributed by atoms with Crippen LogP contribution in [0.2, 0.25) is 0 Å². The molecule has 2 aromatic heterocycles. The van der Waals surface area contributed by atoms with Crippen molar-refractivity contribution in [3.8, 4) is 11.6 Å². The third-order valence-electron chi connectivity index (χ3n) is 4.73. The van der Waals surface area contributed by atoms with Gasteiger partial charge in [-0.2, -0.15) is 0 Å². The van der Waals surface area contributed by atoms with Crippen molar-refractivity contribution in [2.75, 3.05) is 13.1 Å². The average Bonchev–Trinajstić information content (AvgIpc) is 2.75. The molecule has 1 aliphatic rings. The summed E-state index contributed by atoms with van der Waals surface area (Å²) < 4.78 is 5.94. The molecule has 6 nitrogen and oxygen atoms in total. The number of hydrogen-bond donors (Lipinski definition) is 0. The number of rotatable bonds is 4. The van der Waals surface area contributed by atoms with Crippen molar-refractivity contribution in [2.24, 2.45) is 0 Å². The van der Waals surface area contributed by atoms with Gasteiger partial charge in [0.1, 0.15) is 11.4 Å². The Morgan fingerprint density at radius 1 is 0.963 bits per heavy atom. The van der Waals surface area contributed by atoms with Gasteiger partial charge >= 0.3 is 0 Å². The highest BCUT2D eigenvalue weighted by Crippen LogP contribution is 2.33. The van der Waals surface area contributed by atoms with Crippen molar-refractivity contribution in [2.45, 2.75) is 18.8 Å². The minimum atomic E-state index is 0.0291. The number of likely N-dealkylation sites (tertiary alicyclic amines) is 1. The molecule has 1 fully saturated rings. The molecule has 0 spiro atoms. The molecule has 3 aromatic rings. The van der Waals surface area contributed by atoms with Gasteiger partial charge in [0.05, 0.1) is 5.56 Å². The number of amides is 1. The molecule has 136 valence electrons. The Hall–Kier alpha value is -3.28. The van der Waals surface area contributed by atoms with Crippen molar-refractivity contribution in [3.05, 3.63) is 78.5 Å². The van der Waals surface area contributed by atoms with Gasteiger partial charge in [-0.05, 0) is 37.1 Å². The lowest BCUT2D eigenvalue weighted by Crippen LogP contribution is -2.38. The van der Waals surface area contributed by atoms with E-state index in [-0.39, 0.29) is 11.8 Å². The molecule has 0 radical (unpaired) electrons. The third-order valence-corrected chi connectivity index (χ3v) is 4.73. The third kappa shape index (κ3) is 3.95. The van der Waals surface area contributed by atoms with Crippen LogP contribution in [0.3, 0.4) is 0 Å². The van der Waals surface area contributed by atoms with Crippen LogP contribution in [0.25, 0.3) is 0 Å². The van der Waals surface area contributed by atoms with E-state index in [1.807, 2.05) is 35.2 Å². The molecule has 0 bridgehead atoms. The first-order chi connectivity index (χ1) is 13.3. The highest BCUT2D eigenvalue weighted by atomic mass is 16.5. The Morgan fingerprint density at radius 3 is 2.48 bits per heavy atom. The number of nitrogens with zero attached hydrogens (tertiary/aromatic N) is 4. The van der Waals surface area contributed by atoms with Crippen molar-refractivity contribution in [3.63, 3.8) is 0 Å². The number of ether oxygens (including phenoxy) is 1. The van der Waals surface area contributed by atoms with Crippen LogP contribution in [0.1, 0.15) is 34.8 Å². The molecule has 3 heterocycles. The van der Waals surface area contributed by atoms with Gasteiger partial charge in [-0.1, -0.05) is 18.2 Å². The first kappa shape index (κ1) is 17.1. The summed E-state index contributed by atoms with van der Waals surface area (Å²) in [5.41, 5.74) is 1.48. The van der Waals surface area contributed by atoms with Gasteiger partial charge in [0, 0.05) is 43.8 Å². The average molecular weight is 360 g/mol. The van der Waals surface area contributed by atoms with Crippen molar-refractivity contribution >= 4 is 5.91 Å². The molecule has 1 saturated heterocycles. The van der Waals surface area contributed by atoms with Gasteiger partial charge in [0.2, 0.25) is 5.88 Å². The molecule has 1 amide bonds. The van der Waals surface area contributed by atoms with Crippen LogP contribution >= 0.6 is 0 Å². The highest BCUT2D eigenvalue weighted by Gasteiger charge is 2.28. The van der Waals surface area contributed by atoms with E-state index in [0.717, 1.165) is 24.3 Å². The van der Waals surface area contributed by atoms with Crippen LogP contribution in [0.15, 0.2) is 67.3 Å². The largest absolute Gasteiger partial charge is 0.437 e. The lowest BCUT2D eigenvalue weighted by Gasteiger charge is -2.32. The normalized spacial score (nSPS) is 14.7. The first-order valence-electron chi connectivity index (χ1n) is 9.04. The summed E-state index contributed by atoms with van der Waals surface area (Å²) >= 11 is 0. The molecule has 4 rings (SSSR count). The molecule has 6 heteroatoms. The van der Waals surface area contributed by atoms with E-state index in [1.54, 1.807) is 36.9 Å². The Morgan fingerprint density at radius 2 is 1.74 bits per heavy atom. The number of hydrogen-bond acceptors (Lipinski definition) is 5. The number of carbonyl (C=O) groups is 1. The summed E-state index contributed by atoms with van der Waals surface area (Å²) in [5.74, 6) is 1.53. The molecule has 0 aliphatic carbocycles. The summed E-state index contributed by atoms with van der Waals surface area (Å²) in [6.45, 7) is 1.36. The van der Waals surface area contributed by atoms with Crippen LogP contribution in [-0.4, -0.2) is 38.8 Å². The van der Waals surface area contributed by atoms with Crippen molar-refractivity contribution in [1.29, 1.82) is 0 Å². The van der Waals surface area contributed by atoms with E-state index in [4.69, 9.17) is 4.74 Å². The number of carbonyl (C=O) groups excluding carboxylic acids is 1. The topological polar surface area (TPSA) is 68.2 Å². The second-order valence-corrected chi connectivity index (χ2v) is 6.47. The van der Waals surface area contributed by atoms with E-state index < -0.39 is 0 Å². The number of para-hydroxylation sites is 1. The minimum absolute atomic E-state index is 0.0291. The molecule has 1 aliphatic heterocycles. The van der Waals surface area contributed by atoms with Crippen LogP contribution in [0.4, 0.5) is 0 Å². The lowest BCUT2D eigenvalue weighted by molar-refractivity contribution is 0.0711. The van der Waals surface area contributed by atoms with E-state index >= 15 is 0 Å². The summed E-state index contributed by atoms with van der Waals surface area (Å²) in [6, 6.07) is 13.2. The van der Waals surface area contributed by atoms with Crippen LogP contribution in [0.5, 0.6) is 11.6 Å². The maximum absolute atomic E-state index is 12.6. The van der Waals surface area contributed by atoms with Gasteiger partial charge in [-0.25, -0.2) is 4.98 Å². The number of pyridine rings is 1. The van der Waals surface area contributed by atoms with Gasteiger partial charge in [0.25, 0.3) is 5.91 Å². The fourth-order valence-electron chi connectivity index (χ4n) is 3.32. The minimum Gasteiger partial charge on any atom is -0.437 e. The predicted octanol–water partition coefficient (Wildman–Crippen LogP) is 3.68. The second kappa shape index (κ2) is 7.95. The summed E-state index contributed by atoms with van der Waals surface area (Å²) in [4.78, 5) is 27.4. The Kier molecular flexibility index (Phi) is 5.05. The van der Waals surface area contributed by atoms with Gasteiger partial charge in [0.15, 0.2) is 0 Å². The number of benzene rings is 1. The van der Waals surface area contributed by atoms with Gasteiger partial charge < -0.3 is 9.64 Å². The quantitative estimate of drug-likeness (QED) is 0.710. The maximum Gasteiger partial charge on any atom is 0.255 e. The van der Waals surface area contributed by atoms with E-state index in [1.165, 1.54) is 0 Å². The zero-order chi connectivity index (χ0) is 18.5. The fourth-order valence-corrected chi connectivity index (χ4v) is 3.32. The molecule has 0 saturated carbocycles. The molecular formula is C21H20N4O2. The summed E-state index contributed by atoms with van der Waals surface area (Å²) in [5, 5.41) is 0. The lowest BCUT2D eigenvalue weighted by atomic mass is 9.93. The van der Waals surface area contributed by atoms with E-state index in [9.17, 15) is 4.79 Å². The maximum atomic E-state index is 12.6. The van der Waals surface area contributed by atoms with E-state index in [0.29, 0.717) is 24.5 Å². The number of piperidine rings is 1. The van der Waals surface area contributed by atoms with Gasteiger partial charge in [-0.3, -0.25) is 14.8 Å². The molecular weight excluding hydrogens is 340 g/mol.